The average Bonchev–Trinajstić information content (AvgIpc) is 2.02. The number of hydrogen-bond donors (Lipinski definition) is 1. The maximum Gasteiger partial charge on any atom is 0.406 e. The van der Waals surface area contributed by atoms with E-state index in [0.717, 1.165) is 0 Å². The first-order valence-corrected chi connectivity index (χ1v) is 6.01. The molecular formula is C7H12F4O3S. The normalized spacial score (nSPS) is 14.3. The van der Waals surface area contributed by atoms with Crippen molar-refractivity contribution in [3.63, 3.8) is 0 Å². The highest BCUT2D eigenvalue weighted by Crippen LogP contribution is 2.41. The number of unbranched alkanes of at least 4 members (excludes halogenated alkanes) is 1. The highest BCUT2D eigenvalue weighted by atomic mass is 32.2. The molecule has 0 amide bonds. The third kappa shape index (κ3) is 3.30. The van der Waals surface area contributed by atoms with Crippen LogP contribution in [-0.4, -0.2) is 37.6 Å². The van der Waals surface area contributed by atoms with Crippen LogP contribution < -0.4 is 0 Å². The lowest BCUT2D eigenvalue weighted by Gasteiger charge is -2.24. The lowest BCUT2D eigenvalue weighted by atomic mass is 10.1. The summed E-state index contributed by atoms with van der Waals surface area (Å²) < 4.78 is 72.0. The Balaban J connectivity index is 4.71. The highest BCUT2D eigenvalue weighted by Gasteiger charge is 2.62. The Morgan fingerprint density at radius 3 is 1.93 bits per heavy atom. The molecular weight excluding hydrogens is 240 g/mol. The topological polar surface area (TPSA) is 54.4 Å². The summed E-state index contributed by atoms with van der Waals surface area (Å²) in [6, 6.07) is 0. The minimum absolute atomic E-state index is 0.0625. The molecule has 0 fully saturated rings. The molecule has 0 aliphatic carbocycles. The predicted octanol–water partition coefficient (Wildman–Crippen LogP) is 1.42. The van der Waals surface area contributed by atoms with E-state index in [1.807, 2.05) is 0 Å². The lowest BCUT2D eigenvalue weighted by molar-refractivity contribution is -0.161. The van der Waals surface area contributed by atoms with Crippen molar-refractivity contribution in [2.24, 2.45) is 0 Å². The van der Waals surface area contributed by atoms with Crippen molar-refractivity contribution in [1.29, 1.82) is 0 Å². The molecule has 0 spiro atoms. The van der Waals surface area contributed by atoms with Gasteiger partial charge in [-0.25, -0.2) is 8.42 Å². The molecule has 0 aromatic carbocycles. The smallest absolute Gasteiger partial charge is 0.396 e. The van der Waals surface area contributed by atoms with E-state index in [1.165, 1.54) is 0 Å². The molecule has 0 saturated heterocycles. The zero-order valence-corrected chi connectivity index (χ0v) is 8.83. The second-order valence-corrected chi connectivity index (χ2v) is 5.23. The van der Waals surface area contributed by atoms with E-state index in [-0.39, 0.29) is 19.1 Å². The molecule has 0 bridgehead atoms. The molecule has 0 aliphatic rings. The number of hydrogen-bond acceptors (Lipinski definition) is 3. The maximum atomic E-state index is 12.8. The largest absolute Gasteiger partial charge is 0.406 e. The molecule has 92 valence electrons. The van der Waals surface area contributed by atoms with Crippen LogP contribution in [0, 0.1) is 0 Å². The van der Waals surface area contributed by atoms with Gasteiger partial charge in [-0.1, -0.05) is 0 Å². The lowest BCUT2D eigenvalue weighted by Crippen LogP contribution is -2.46. The molecule has 0 saturated carbocycles. The Morgan fingerprint density at radius 2 is 1.60 bits per heavy atom. The summed E-state index contributed by atoms with van der Waals surface area (Å²) in [5.41, 5.74) is 0. The van der Waals surface area contributed by atoms with Crippen LogP contribution in [0.15, 0.2) is 0 Å². The third-order valence-corrected chi connectivity index (χ3v) is 3.02. The summed E-state index contributed by atoms with van der Waals surface area (Å²) in [7, 11) is -5.14. The van der Waals surface area contributed by atoms with Gasteiger partial charge in [-0.3, -0.25) is 0 Å². The summed E-state index contributed by atoms with van der Waals surface area (Å²) in [5.74, 6) is -4.60. The summed E-state index contributed by atoms with van der Waals surface area (Å²) in [6.45, 7) is -0.402. The van der Waals surface area contributed by atoms with Crippen LogP contribution in [0.2, 0.25) is 0 Å². The van der Waals surface area contributed by atoms with Crippen molar-refractivity contribution >= 4 is 9.84 Å². The highest BCUT2D eigenvalue weighted by molar-refractivity contribution is 7.91. The second kappa shape index (κ2) is 4.65. The molecule has 0 aromatic heterocycles. The minimum atomic E-state index is -5.14. The molecule has 15 heavy (non-hydrogen) atoms. The van der Waals surface area contributed by atoms with Crippen LogP contribution in [0.4, 0.5) is 17.6 Å². The van der Waals surface area contributed by atoms with Crippen LogP contribution in [0.25, 0.3) is 0 Å². The molecule has 3 nitrogen and oxygen atoms in total. The zero-order chi connectivity index (χ0) is 12.3. The fraction of sp³-hybridized carbons (Fsp3) is 1.00. The van der Waals surface area contributed by atoms with E-state index in [2.05, 4.69) is 0 Å². The van der Waals surface area contributed by atoms with Crippen molar-refractivity contribution in [1.82, 2.24) is 0 Å². The summed E-state index contributed by atoms with van der Waals surface area (Å²) in [6.07, 6.45) is -1.65. The third-order valence-electron chi connectivity index (χ3n) is 1.79. The predicted molar refractivity (Wildman–Crippen MR) is 45.7 cm³/mol. The minimum Gasteiger partial charge on any atom is -0.396 e. The van der Waals surface area contributed by atoms with Gasteiger partial charge in [-0.2, -0.15) is 17.6 Å². The monoisotopic (exact) mass is 252 g/mol. The van der Waals surface area contributed by atoms with Crippen molar-refractivity contribution in [2.75, 3.05) is 12.9 Å². The number of halogens is 4. The van der Waals surface area contributed by atoms with Gasteiger partial charge in [0.1, 0.15) is 0 Å². The molecule has 0 heterocycles. The fourth-order valence-corrected chi connectivity index (χ4v) is 1.52. The standard InChI is InChI=1S/C7H12F4O3S/c1-15(13,14)7(10,11)6(8,9)4-2-3-5-12/h12H,2-5H2,1H3. The SMILES string of the molecule is CS(=O)(=O)C(F)(F)C(F)(F)CCCCO. The van der Waals surface area contributed by atoms with Gasteiger partial charge in [0.15, 0.2) is 0 Å². The molecule has 0 atom stereocenters. The van der Waals surface area contributed by atoms with Gasteiger partial charge in [0.05, 0.1) is 0 Å². The van der Waals surface area contributed by atoms with E-state index >= 15 is 0 Å². The molecule has 0 rings (SSSR count). The number of sulfone groups is 1. The van der Waals surface area contributed by atoms with E-state index in [9.17, 15) is 26.0 Å². The molecule has 0 aromatic rings. The Morgan fingerprint density at radius 1 is 1.13 bits per heavy atom. The van der Waals surface area contributed by atoms with Gasteiger partial charge in [-0.05, 0) is 12.8 Å². The van der Waals surface area contributed by atoms with Gasteiger partial charge in [0, 0.05) is 19.3 Å². The molecule has 0 aliphatic heterocycles. The molecule has 0 unspecified atom stereocenters. The number of aliphatic hydroxyl groups is 1. The Hall–Kier alpha value is -0.370. The van der Waals surface area contributed by atoms with Crippen LogP contribution in [-0.2, 0) is 9.84 Å². The van der Waals surface area contributed by atoms with Crippen LogP contribution >= 0.6 is 0 Å². The first kappa shape index (κ1) is 14.6. The summed E-state index contributed by atoms with van der Waals surface area (Å²) >= 11 is 0. The van der Waals surface area contributed by atoms with Gasteiger partial charge in [0.2, 0.25) is 9.84 Å². The van der Waals surface area contributed by atoms with E-state index in [4.69, 9.17) is 5.11 Å². The number of rotatable bonds is 6. The Bertz CT molecular complexity index is 299. The first-order chi connectivity index (χ1) is 6.56. The van der Waals surface area contributed by atoms with E-state index in [1.54, 1.807) is 0 Å². The summed E-state index contributed by atoms with van der Waals surface area (Å²) in [4.78, 5) is 0. The van der Waals surface area contributed by atoms with Crippen LogP contribution in [0.5, 0.6) is 0 Å². The van der Waals surface area contributed by atoms with E-state index in [0.29, 0.717) is 0 Å². The molecule has 8 heteroatoms. The van der Waals surface area contributed by atoms with Gasteiger partial charge in [0.25, 0.3) is 0 Å². The van der Waals surface area contributed by atoms with Crippen molar-refractivity contribution in [2.45, 2.75) is 30.4 Å². The van der Waals surface area contributed by atoms with Crippen LogP contribution in [0.1, 0.15) is 19.3 Å². The zero-order valence-electron chi connectivity index (χ0n) is 8.01. The Kier molecular flexibility index (Phi) is 4.53. The van der Waals surface area contributed by atoms with Crippen LogP contribution in [0.3, 0.4) is 0 Å². The van der Waals surface area contributed by atoms with Crippen molar-refractivity contribution in [3.8, 4) is 0 Å². The van der Waals surface area contributed by atoms with E-state index < -0.39 is 34.0 Å². The van der Waals surface area contributed by atoms with Gasteiger partial charge < -0.3 is 5.11 Å². The number of aliphatic hydroxyl groups excluding tert-OH is 1. The maximum absolute atomic E-state index is 12.8. The average molecular weight is 252 g/mol. The first-order valence-electron chi connectivity index (χ1n) is 4.12. The molecule has 0 radical (unpaired) electrons. The second-order valence-electron chi connectivity index (χ2n) is 3.17. The summed E-state index contributed by atoms with van der Waals surface area (Å²) in [5, 5.41) is 3.22. The quantitative estimate of drug-likeness (QED) is 0.574. The van der Waals surface area contributed by atoms with Gasteiger partial charge in [-0.15, -0.1) is 0 Å². The Labute approximate surface area is 85.0 Å². The molecule has 1 N–H and O–H groups in total. The van der Waals surface area contributed by atoms with Crippen molar-refractivity contribution < 1.29 is 31.1 Å². The van der Waals surface area contributed by atoms with Gasteiger partial charge >= 0.3 is 11.2 Å². The number of alkyl halides is 4. The van der Waals surface area contributed by atoms with Crippen molar-refractivity contribution in [3.05, 3.63) is 0 Å². The fourth-order valence-electron chi connectivity index (χ4n) is 0.876.